The summed E-state index contributed by atoms with van der Waals surface area (Å²) in [4.78, 5) is 0. The highest BCUT2D eigenvalue weighted by atomic mass is 19.4. The Morgan fingerprint density at radius 1 is 0.632 bits per heavy atom. The summed E-state index contributed by atoms with van der Waals surface area (Å²) in [5, 5.41) is 0. The predicted octanol–water partition coefficient (Wildman–Crippen LogP) is 4.08. The van der Waals surface area contributed by atoms with Gasteiger partial charge in [0.25, 0.3) is 0 Å². The van der Waals surface area contributed by atoms with Crippen LogP contribution in [0.3, 0.4) is 0 Å². The summed E-state index contributed by atoms with van der Waals surface area (Å²) in [5.41, 5.74) is -6.65. The first-order valence-corrected chi connectivity index (χ1v) is 4.28. The van der Waals surface area contributed by atoms with E-state index in [-0.39, 0.29) is 0 Å². The molecule has 0 aliphatic carbocycles. The van der Waals surface area contributed by atoms with Crippen molar-refractivity contribution in [2.24, 2.45) is 0 Å². The van der Waals surface area contributed by atoms with Crippen molar-refractivity contribution in [3.05, 3.63) is 0 Å². The minimum absolute atomic E-state index is 0.415. The van der Waals surface area contributed by atoms with Crippen LogP contribution in [0.25, 0.3) is 0 Å². The Labute approximate surface area is 97.9 Å². The molecule has 0 spiro atoms. The number of hydrogen-bond donors (Lipinski definition) is 0. The number of halogens is 11. The molecule has 0 bridgehead atoms. The van der Waals surface area contributed by atoms with E-state index in [0.717, 1.165) is 0 Å². The summed E-state index contributed by atoms with van der Waals surface area (Å²) in [6, 6.07) is 0. The van der Waals surface area contributed by atoms with E-state index < -0.39 is 36.7 Å². The fraction of sp³-hybridized carbons (Fsp3) is 1.00. The maximum Gasteiger partial charge on any atom is 0.457 e. The van der Waals surface area contributed by atoms with Gasteiger partial charge in [0.2, 0.25) is 0 Å². The summed E-state index contributed by atoms with van der Waals surface area (Å²) in [6.07, 6.45) is -21.2. The molecule has 1 nitrogen and oxygen atoms in total. The monoisotopic (exact) mass is 314 g/mol. The Bertz CT molecular complexity index is 294. The van der Waals surface area contributed by atoms with Gasteiger partial charge >= 0.3 is 30.1 Å². The summed E-state index contributed by atoms with van der Waals surface area (Å²) in [6.45, 7) is -1.25. The Morgan fingerprint density at radius 2 is 0.947 bits per heavy atom. The van der Waals surface area contributed by atoms with Crippen LogP contribution >= 0.6 is 0 Å². The third-order valence-electron chi connectivity index (χ3n) is 1.96. The van der Waals surface area contributed by atoms with Gasteiger partial charge in [0.05, 0.1) is 0 Å². The van der Waals surface area contributed by atoms with Crippen molar-refractivity contribution >= 4 is 0 Å². The lowest BCUT2D eigenvalue weighted by molar-refractivity contribution is -0.472. The SMILES string of the molecule is CCOC(C(F)(F)F)(C(F)(F)F)C(F)(F)C(F)(F)F. The van der Waals surface area contributed by atoms with Crippen molar-refractivity contribution in [3.8, 4) is 0 Å². The van der Waals surface area contributed by atoms with Gasteiger partial charge in [0, 0.05) is 6.61 Å². The second kappa shape index (κ2) is 4.63. The van der Waals surface area contributed by atoms with E-state index in [0.29, 0.717) is 6.92 Å². The second-order valence-electron chi connectivity index (χ2n) is 3.18. The number of ether oxygens (including phenoxy) is 1. The summed E-state index contributed by atoms with van der Waals surface area (Å²) >= 11 is 0. The molecule has 0 heterocycles. The number of rotatable bonds is 3. The summed E-state index contributed by atoms with van der Waals surface area (Å²) < 4.78 is 138. The van der Waals surface area contributed by atoms with Crippen molar-refractivity contribution < 1.29 is 53.0 Å². The van der Waals surface area contributed by atoms with Gasteiger partial charge < -0.3 is 4.74 Å². The molecule has 0 aromatic rings. The minimum Gasteiger partial charge on any atom is -0.353 e. The van der Waals surface area contributed by atoms with Gasteiger partial charge in [-0.2, -0.15) is 48.3 Å². The van der Waals surface area contributed by atoms with E-state index in [1.165, 1.54) is 0 Å². The number of alkyl halides is 11. The third-order valence-corrected chi connectivity index (χ3v) is 1.96. The maximum atomic E-state index is 12.7. The lowest BCUT2D eigenvalue weighted by atomic mass is 9.92. The molecule has 19 heavy (non-hydrogen) atoms. The number of hydrogen-bond acceptors (Lipinski definition) is 1. The normalized spacial score (nSPS) is 15.8. The largest absolute Gasteiger partial charge is 0.457 e. The van der Waals surface area contributed by atoms with Crippen LogP contribution < -0.4 is 0 Å². The Kier molecular flexibility index (Phi) is 4.43. The highest BCUT2D eigenvalue weighted by molar-refractivity contribution is 5.09. The Morgan fingerprint density at radius 3 is 1.11 bits per heavy atom. The fourth-order valence-electron chi connectivity index (χ4n) is 1.19. The van der Waals surface area contributed by atoms with Gasteiger partial charge in [-0.1, -0.05) is 0 Å². The third kappa shape index (κ3) is 2.58. The highest BCUT2D eigenvalue weighted by Gasteiger charge is 2.90. The molecular formula is C7H5F11O. The van der Waals surface area contributed by atoms with Crippen LogP contribution in [0.5, 0.6) is 0 Å². The van der Waals surface area contributed by atoms with Crippen LogP contribution in [-0.4, -0.2) is 36.7 Å². The first-order valence-electron chi connectivity index (χ1n) is 4.28. The van der Waals surface area contributed by atoms with Crippen molar-refractivity contribution in [1.29, 1.82) is 0 Å². The summed E-state index contributed by atoms with van der Waals surface area (Å²) in [5.74, 6) is -7.20. The molecule has 0 aromatic heterocycles. The molecule has 0 atom stereocenters. The van der Waals surface area contributed by atoms with Crippen LogP contribution in [0.1, 0.15) is 6.92 Å². The molecule has 0 radical (unpaired) electrons. The highest BCUT2D eigenvalue weighted by Crippen LogP contribution is 2.59. The zero-order valence-electron chi connectivity index (χ0n) is 8.77. The molecule has 0 fully saturated rings. The van der Waals surface area contributed by atoms with Crippen LogP contribution in [-0.2, 0) is 4.74 Å². The average molecular weight is 314 g/mol. The van der Waals surface area contributed by atoms with Crippen molar-refractivity contribution in [2.45, 2.75) is 37.0 Å². The molecule has 0 unspecified atom stereocenters. The first-order chi connectivity index (χ1) is 8.06. The van der Waals surface area contributed by atoms with E-state index in [1.807, 2.05) is 0 Å². The van der Waals surface area contributed by atoms with E-state index in [1.54, 1.807) is 0 Å². The van der Waals surface area contributed by atoms with E-state index in [4.69, 9.17) is 0 Å². The topological polar surface area (TPSA) is 9.23 Å². The fourth-order valence-corrected chi connectivity index (χ4v) is 1.19. The van der Waals surface area contributed by atoms with Crippen molar-refractivity contribution in [3.63, 3.8) is 0 Å². The van der Waals surface area contributed by atoms with Gasteiger partial charge in [-0.15, -0.1) is 0 Å². The predicted molar refractivity (Wildman–Crippen MR) is 37.5 cm³/mol. The lowest BCUT2D eigenvalue weighted by Crippen LogP contribution is -2.73. The standard InChI is InChI=1S/C7H5F11O/c1-2-19-3(5(10,11)12,6(13,14)15)4(8,9)7(16,17)18/h2H2,1H3. The molecule has 0 saturated heterocycles. The molecule has 0 rings (SSSR count). The zero-order chi connectivity index (χ0) is 15.9. The van der Waals surface area contributed by atoms with Crippen LogP contribution in [0.4, 0.5) is 48.3 Å². The molecule has 0 aromatic carbocycles. The second-order valence-corrected chi connectivity index (χ2v) is 3.18. The summed E-state index contributed by atoms with van der Waals surface area (Å²) in [7, 11) is 0. The van der Waals surface area contributed by atoms with Gasteiger partial charge in [0.15, 0.2) is 0 Å². The molecular weight excluding hydrogens is 309 g/mol. The molecule has 12 heteroatoms. The molecule has 0 aliphatic heterocycles. The van der Waals surface area contributed by atoms with Gasteiger partial charge in [-0.05, 0) is 6.92 Å². The van der Waals surface area contributed by atoms with Gasteiger partial charge in [-0.3, -0.25) is 0 Å². The smallest absolute Gasteiger partial charge is 0.353 e. The van der Waals surface area contributed by atoms with Crippen LogP contribution in [0.15, 0.2) is 0 Å². The molecule has 0 aliphatic rings. The zero-order valence-corrected chi connectivity index (χ0v) is 8.77. The Hall–Kier alpha value is -0.810. The van der Waals surface area contributed by atoms with Gasteiger partial charge in [-0.25, -0.2) is 0 Å². The molecule has 0 amide bonds. The van der Waals surface area contributed by atoms with Crippen molar-refractivity contribution in [1.82, 2.24) is 0 Å². The molecule has 0 N–H and O–H groups in total. The molecule has 0 saturated carbocycles. The van der Waals surface area contributed by atoms with E-state index >= 15 is 0 Å². The maximum absolute atomic E-state index is 12.7. The van der Waals surface area contributed by atoms with Crippen LogP contribution in [0.2, 0.25) is 0 Å². The minimum atomic E-state index is -7.20. The van der Waals surface area contributed by atoms with Gasteiger partial charge in [0.1, 0.15) is 0 Å². The van der Waals surface area contributed by atoms with Crippen molar-refractivity contribution in [2.75, 3.05) is 6.61 Å². The Balaban J connectivity index is 6.34. The van der Waals surface area contributed by atoms with E-state index in [9.17, 15) is 48.3 Å². The van der Waals surface area contributed by atoms with Crippen LogP contribution in [0, 0.1) is 0 Å². The average Bonchev–Trinajstić information content (AvgIpc) is 2.07. The lowest BCUT2D eigenvalue weighted by Gasteiger charge is -2.42. The van der Waals surface area contributed by atoms with E-state index in [2.05, 4.69) is 4.74 Å². The quantitative estimate of drug-likeness (QED) is 0.713. The first kappa shape index (κ1) is 18.2. The molecule has 116 valence electrons.